The van der Waals surface area contributed by atoms with Crippen LogP contribution in [0.15, 0.2) is 23.1 Å². The zero-order chi connectivity index (χ0) is 14.6. The van der Waals surface area contributed by atoms with Crippen LogP contribution in [0.1, 0.15) is 6.92 Å². The highest BCUT2D eigenvalue weighted by Crippen LogP contribution is 2.22. The van der Waals surface area contributed by atoms with E-state index in [2.05, 4.69) is 4.72 Å². The van der Waals surface area contributed by atoms with E-state index in [0.29, 0.717) is 0 Å². The summed E-state index contributed by atoms with van der Waals surface area (Å²) in [6.45, 7) is 1.42. The summed E-state index contributed by atoms with van der Waals surface area (Å²) in [5.74, 6) is -0.899. The van der Waals surface area contributed by atoms with E-state index >= 15 is 0 Å². The van der Waals surface area contributed by atoms with Gasteiger partial charge in [-0.3, -0.25) is 0 Å². The number of aliphatic hydroxyl groups excluding tert-OH is 1. The van der Waals surface area contributed by atoms with Gasteiger partial charge in [0.1, 0.15) is 10.7 Å². The number of hydrogen-bond donors (Lipinski definition) is 3. The molecule has 0 aliphatic rings. The maximum absolute atomic E-state index is 13.6. The molecular weight excluding hydrogens is 291 g/mol. The van der Waals surface area contributed by atoms with Crippen LogP contribution in [0.3, 0.4) is 0 Å². The Morgan fingerprint density at radius 3 is 2.63 bits per heavy atom. The van der Waals surface area contributed by atoms with Crippen LogP contribution in [0, 0.1) is 5.82 Å². The van der Waals surface area contributed by atoms with Gasteiger partial charge >= 0.3 is 0 Å². The lowest BCUT2D eigenvalue weighted by molar-refractivity contribution is 0.282. The van der Waals surface area contributed by atoms with E-state index in [9.17, 15) is 12.8 Å². The summed E-state index contributed by atoms with van der Waals surface area (Å²) in [5.41, 5.74) is 5.36. The van der Waals surface area contributed by atoms with Gasteiger partial charge < -0.3 is 10.8 Å². The second-order valence-electron chi connectivity index (χ2n) is 4.02. The molecule has 2 unspecified atom stereocenters. The Bertz CT molecular complexity index is 512. The van der Waals surface area contributed by atoms with Gasteiger partial charge in [0.05, 0.1) is 12.3 Å². The lowest BCUT2D eigenvalue weighted by Crippen LogP contribution is -2.41. The molecule has 0 radical (unpaired) electrons. The van der Waals surface area contributed by atoms with Gasteiger partial charge in [0, 0.05) is 11.3 Å². The zero-order valence-corrected chi connectivity index (χ0v) is 12.3. The number of hydrogen-bond acceptors (Lipinski definition) is 5. The minimum atomic E-state index is -4.06. The largest absolute Gasteiger partial charge is 0.398 e. The van der Waals surface area contributed by atoms with Crippen molar-refractivity contribution in [1.29, 1.82) is 0 Å². The number of sulfonamides is 1. The predicted molar refractivity (Wildman–Crippen MR) is 75.0 cm³/mol. The number of thioether (sulfide) groups is 1. The Kier molecular flexibility index (Phi) is 5.60. The van der Waals surface area contributed by atoms with Gasteiger partial charge in [0.25, 0.3) is 0 Å². The SMILES string of the molecule is CSC(CO)C(C)NS(=O)(=O)c1c(N)cccc1F. The average Bonchev–Trinajstić information content (AvgIpc) is 2.28. The number of nitrogen functional groups attached to an aromatic ring is 1. The van der Waals surface area contributed by atoms with Crippen molar-refractivity contribution in [2.24, 2.45) is 0 Å². The molecule has 0 saturated carbocycles. The van der Waals surface area contributed by atoms with Crippen molar-refractivity contribution in [2.45, 2.75) is 23.1 Å². The highest BCUT2D eigenvalue weighted by Gasteiger charge is 2.27. The van der Waals surface area contributed by atoms with Gasteiger partial charge in [-0.25, -0.2) is 17.5 Å². The molecule has 4 N–H and O–H groups in total. The van der Waals surface area contributed by atoms with Crippen molar-refractivity contribution in [3.8, 4) is 0 Å². The smallest absolute Gasteiger partial charge is 0.245 e. The Morgan fingerprint density at radius 2 is 2.16 bits per heavy atom. The molecule has 0 aliphatic carbocycles. The molecule has 1 aromatic rings. The van der Waals surface area contributed by atoms with E-state index < -0.39 is 26.8 Å². The van der Waals surface area contributed by atoms with Crippen LogP contribution in [0.4, 0.5) is 10.1 Å². The molecule has 0 fully saturated rings. The third-order valence-corrected chi connectivity index (χ3v) is 5.46. The Balaban J connectivity index is 3.06. The maximum atomic E-state index is 13.6. The molecule has 1 aromatic carbocycles. The van der Waals surface area contributed by atoms with Gasteiger partial charge in [0.2, 0.25) is 10.0 Å². The molecule has 0 aromatic heterocycles. The van der Waals surface area contributed by atoms with Crippen LogP contribution < -0.4 is 10.5 Å². The number of anilines is 1. The standard InChI is InChI=1S/C11H17FN2O3S2/c1-7(10(6-15)18-2)14-19(16,17)11-8(12)4-3-5-9(11)13/h3-5,7,10,14-15H,6,13H2,1-2H3. The van der Waals surface area contributed by atoms with Crippen LogP contribution in [0.2, 0.25) is 0 Å². The fourth-order valence-electron chi connectivity index (χ4n) is 1.63. The third-order valence-electron chi connectivity index (χ3n) is 2.65. The van der Waals surface area contributed by atoms with Crippen molar-refractivity contribution < 1.29 is 17.9 Å². The van der Waals surface area contributed by atoms with E-state index in [-0.39, 0.29) is 17.5 Å². The number of halogens is 1. The first-order valence-electron chi connectivity index (χ1n) is 5.53. The van der Waals surface area contributed by atoms with Gasteiger partial charge in [0.15, 0.2) is 0 Å². The number of benzene rings is 1. The van der Waals surface area contributed by atoms with Crippen LogP contribution >= 0.6 is 11.8 Å². The summed E-state index contributed by atoms with van der Waals surface area (Å²) in [4.78, 5) is -0.556. The van der Waals surface area contributed by atoms with Crippen LogP contribution in [0.5, 0.6) is 0 Å². The summed E-state index contributed by atoms with van der Waals surface area (Å²) in [6, 6.07) is 3.14. The Hall–Kier alpha value is -0.830. The highest BCUT2D eigenvalue weighted by molar-refractivity contribution is 7.99. The molecular formula is C11H17FN2O3S2. The lowest BCUT2D eigenvalue weighted by Gasteiger charge is -2.21. The highest BCUT2D eigenvalue weighted by atomic mass is 32.2. The van der Waals surface area contributed by atoms with E-state index in [4.69, 9.17) is 10.8 Å². The van der Waals surface area contributed by atoms with E-state index in [0.717, 1.165) is 6.07 Å². The molecule has 0 saturated heterocycles. The molecule has 19 heavy (non-hydrogen) atoms. The second-order valence-corrected chi connectivity index (χ2v) is 6.75. The van der Waals surface area contributed by atoms with Crippen molar-refractivity contribution in [2.75, 3.05) is 18.6 Å². The Morgan fingerprint density at radius 1 is 1.53 bits per heavy atom. The molecule has 0 amide bonds. The first-order valence-corrected chi connectivity index (χ1v) is 8.30. The van der Waals surface area contributed by atoms with E-state index in [1.807, 2.05) is 0 Å². The number of rotatable bonds is 6. The molecule has 5 nitrogen and oxygen atoms in total. The second kappa shape index (κ2) is 6.56. The van der Waals surface area contributed by atoms with Crippen molar-refractivity contribution >= 4 is 27.5 Å². The summed E-state index contributed by atoms with van der Waals surface area (Å²) >= 11 is 1.32. The minimum absolute atomic E-state index is 0.149. The van der Waals surface area contributed by atoms with Crippen molar-refractivity contribution in [3.63, 3.8) is 0 Å². The molecule has 0 heterocycles. The predicted octanol–water partition coefficient (Wildman–Crippen LogP) is 0.799. The average molecular weight is 308 g/mol. The first kappa shape index (κ1) is 16.2. The molecule has 0 aliphatic heterocycles. The molecule has 2 atom stereocenters. The third kappa shape index (κ3) is 3.82. The quantitative estimate of drug-likeness (QED) is 0.676. The van der Waals surface area contributed by atoms with E-state index in [1.54, 1.807) is 13.2 Å². The number of nitrogens with one attached hydrogen (secondary N) is 1. The molecule has 108 valence electrons. The summed E-state index contributed by atoms with van der Waals surface area (Å²) in [7, 11) is -4.06. The van der Waals surface area contributed by atoms with Crippen molar-refractivity contribution in [1.82, 2.24) is 4.72 Å². The summed E-state index contributed by atoms with van der Waals surface area (Å²) < 4.78 is 40.1. The van der Waals surface area contributed by atoms with Crippen LogP contribution in [0.25, 0.3) is 0 Å². The lowest BCUT2D eigenvalue weighted by atomic mass is 10.3. The molecule has 1 rings (SSSR count). The normalized spacial score (nSPS) is 15.2. The molecule has 0 spiro atoms. The fourth-order valence-corrected chi connectivity index (χ4v) is 3.81. The fraction of sp³-hybridized carbons (Fsp3) is 0.455. The maximum Gasteiger partial charge on any atom is 0.245 e. The van der Waals surface area contributed by atoms with Crippen LogP contribution in [-0.4, -0.2) is 37.7 Å². The van der Waals surface area contributed by atoms with Crippen LogP contribution in [-0.2, 0) is 10.0 Å². The van der Waals surface area contributed by atoms with Gasteiger partial charge in [-0.2, -0.15) is 11.8 Å². The first-order chi connectivity index (χ1) is 8.83. The number of aliphatic hydroxyl groups is 1. The Labute approximate surface area is 116 Å². The summed E-state index contributed by atoms with van der Waals surface area (Å²) in [6.07, 6.45) is 1.75. The van der Waals surface area contributed by atoms with Crippen molar-refractivity contribution in [3.05, 3.63) is 24.0 Å². The van der Waals surface area contributed by atoms with Gasteiger partial charge in [-0.05, 0) is 25.3 Å². The topological polar surface area (TPSA) is 92.4 Å². The van der Waals surface area contributed by atoms with Gasteiger partial charge in [-0.1, -0.05) is 6.07 Å². The zero-order valence-electron chi connectivity index (χ0n) is 10.6. The minimum Gasteiger partial charge on any atom is -0.398 e. The molecule has 0 bridgehead atoms. The summed E-state index contributed by atoms with van der Waals surface area (Å²) in [5, 5.41) is 8.80. The van der Waals surface area contributed by atoms with Gasteiger partial charge in [-0.15, -0.1) is 0 Å². The van der Waals surface area contributed by atoms with E-state index in [1.165, 1.54) is 23.9 Å². The monoisotopic (exact) mass is 308 g/mol. The number of nitrogens with two attached hydrogens (primary N) is 1. The molecule has 8 heteroatoms.